The Hall–Kier alpha value is -1.31. The summed E-state index contributed by atoms with van der Waals surface area (Å²) >= 11 is 0. The van der Waals surface area contributed by atoms with Crippen molar-refractivity contribution < 1.29 is 4.79 Å². The molecule has 18 heavy (non-hydrogen) atoms. The maximum absolute atomic E-state index is 11.8. The third kappa shape index (κ3) is 4.52. The van der Waals surface area contributed by atoms with E-state index >= 15 is 0 Å². The first kappa shape index (κ1) is 13.1. The Balaban J connectivity index is 1.71. The third-order valence-electron chi connectivity index (χ3n) is 3.77. The van der Waals surface area contributed by atoms with E-state index in [0.717, 1.165) is 12.1 Å². The molecule has 0 atom stereocenters. The number of nitrogens with one attached hydrogen (secondary N) is 1. The Morgan fingerprint density at radius 2 is 1.72 bits per heavy atom. The number of rotatable bonds is 4. The zero-order valence-electron chi connectivity index (χ0n) is 11.0. The number of hydrogen-bond donors (Lipinski definition) is 1. The summed E-state index contributed by atoms with van der Waals surface area (Å²) in [5.74, 6) is 0.859. The van der Waals surface area contributed by atoms with E-state index in [4.69, 9.17) is 0 Å². The third-order valence-corrected chi connectivity index (χ3v) is 3.77. The van der Waals surface area contributed by atoms with Crippen LogP contribution in [0.3, 0.4) is 0 Å². The number of carbonyl (C=O) groups is 1. The number of hydrogen-bond acceptors (Lipinski definition) is 1. The molecule has 2 heteroatoms. The summed E-state index contributed by atoms with van der Waals surface area (Å²) in [4.78, 5) is 11.8. The average molecular weight is 245 g/mol. The second-order valence-corrected chi connectivity index (χ2v) is 5.32. The lowest BCUT2D eigenvalue weighted by Gasteiger charge is -2.14. The lowest BCUT2D eigenvalue weighted by molar-refractivity contribution is -0.120. The van der Waals surface area contributed by atoms with Gasteiger partial charge in [-0.25, -0.2) is 0 Å². The van der Waals surface area contributed by atoms with Crippen LogP contribution >= 0.6 is 0 Å². The Labute approximate surface area is 110 Å². The van der Waals surface area contributed by atoms with Crippen LogP contribution in [0.5, 0.6) is 0 Å². The minimum absolute atomic E-state index is 0.158. The summed E-state index contributed by atoms with van der Waals surface area (Å²) in [5.41, 5.74) is 1.09. The molecule has 1 amide bonds. The number of carbonyl (C=O) groups excluding carboxylic acids is 1. The molecule has 98 valence electrons. The Kier molecular flexibility index (Phi) is 5.25. The van der Waals surface area contributed by atoms with Gasteiger partial charge in [0.25, 0.3) is 0 Å². The van der Waals surface area contributed by atoms with Crippen molar-refractivity contribution in [2.24, 2.45) is 5.92 Å². The van der Waals surface area contributed by atoms with Gasteiger partial charge in [-0.15, -0.1) is 0 Å². The van der Waals surface area contributed by atoms with Crippen molar-refractivity contribution in [3.63, 3.8) is 0 Å². The van der Waals surface area contributed by atoms with Gasteiger partial charge in [0.05, 0.1) is 6.42 Å². The molecule has 0 heterocycles. The average Bonchev–Trinajstić information content (AvgIpc) is 2.66. The van der Waals surface area contributed by atoms with Crippen LogP contribution in [0.4, 0.5) is 0 Å². The van der Waals surface area contributed by atoms with Crippen LogP contribution < -0.4 is 5.32 Å². The summed E-state index contributed by atoms with van der Waals surface area (Å²) in [6, 6.07) is 9.95. The van der Waals surface area contributed by atoms with Gasteiger partial charge >= 0.3 is 0 Å². The first-order chi connectivity index (χ1) is 8.84. The monoisotopic (exact) mass is 245 g/mol. The smallest absolute Gasteiger partial charge is 0.224 e. The number of amides is 1. The molecule has 0 aliphatic heterocycles. The minimum Gasteiger partial charge on any atom is -0.356 e. The van der Waals surface area contributed by atoms with Crippen molar-refractivity contribution in [3.05, 3.63) is 35.9 Å². The van der Waals surface area contributed by atoms with Crippen molar-refractivity contribution in [1.82, 2.24) is 5.32 Å². The molecule has 1 aromatic carbocycles. The molecular formula is C16H23NO. The standard InChI is InChI=1S/C16H23NO/c18-16(12-14-8-6-3-7-9-14)17-13-15-10-4-1-2-5-11-15/h3,6-9,15H,1-2,4-5,10-13H2,(H,17,18). The van der Waals surface area contributed by atoms with Gasteiger partial charge in [0.1, 0.15) is 0 Å². The topological polar surface area (TPSA) is 29.1 Å². The van der Waals surface area contributed by atoms with Crippen LogP contribution in [0, 0.1) is 5.92 Å². The van der Waals surface area contributed by atoms with Crippen molar-refractivity contribution in [2.45, 2.75) is 44.9 Å². The van der Waals surface area contributed by atoms with Gasteiger partial charge in [-0.2, -0.15) is 0 Å². The van der Waals surface area contributed by atoms with E-state index in [0.29, 0.717) is 12.3 Å². The molecule has 1 saturated carbocycles. The normalized spacial score (nSPS) is 17.1. The maximum Gasteiger partial charge on any atom is 0.224 e. The van der Waals surface area contributed by atoms with Gasteiger partial charge in [0.15, 0.2) is 0 Å². The quantitative estimate of drug-likeness (QED) is 0.810. The molecule has 0 radical (unpaired) electrons. The van der Waals surface area contributed by atoms with E-state index in [1.807, 2.05) is 30.3 Å². The molecule has 2 nitrogen and oxygen atoms in total. The molecule has 0 bridgehead atoms. The molecular weight excluding hydrogens is 222 g/mol. The van der Waals surface area contributed by atoms with Crippen LogP contribution in [0.1, 0.15) is 44.1 Å². The summed E-state index contributed by atoms with van der Waals surface area (Å²) in [6.07, 6.45) is 8.48. The van der Waals surface area contributed by atoms with Gasteiger partial charge in [-0.3, -0.25) is 4.79 Å². The molecule has 0 saturated heterocycles. The molecule has 1 aliphatic carbocycles. The van der Waals surface area contributed by atoms with Crippen molar-refractivity contribution in [1.29, 1.82) is 0 Å². The highest BCUT2D eigenvalue weighted by atomic mass is 16.1. The van der Waals surface area contributed by atoms with Crippen molar-refractivity contribution >= 4 is 5.91 Å². The summed E-state index contributed by atoms with van der Waals surface area (Å²) < 4.78 is 0. The molecule has 0 spiro atoms. The predicted molar refractivity (Wildman–Crippen MR) is 74.3 cm³/mol. The van der Waals surface area contributed by atoms with Crippen LogP contribution in [-0.2, 0) is 11.2 Å². The van der Waals surface area contributed by atoms with Crippen LogP contribution in [0.25, 0.3) is 0 Å². The fourth-order valence-corrected chi connectivity index (χ4v) is 2.67. The molecule has 1 fully saturated rings. The van der Waals surface area contributed by atoms with E-state index in [1.165, 1.54) is 38.5 Å². The molecule has 1 aliphatic rings. The Morgan fingerprint density at radius 1 is 1.06 bits per heavy atom. The molecule has 1 aromatic rings. The van der Waals surface area contributed by atoms with Gasteiger partial charge in [-0.05, 0) is 24.3 Å². The summed E-state index contributed by atoms with van der Waals surface area (Å²) in [7, 11) is 0. The lowest BCUT2D eigenvalue weighted by atomic mass is 10.0. The second-order valence-electron chi connectivity index (χ2n) is 5.32. The highest BCUT2D eigenvalue weighted by molar-refractivity contribution is 5.78. The largest absolute Gasteiger partial charge is 0.356 e. The molecule has 0 aromatic heterocycles. The SMILES string of the molecule is O=C(Cc1ccccc1)NCC1CCCCCC1. The van der Waals surface area contributed by atoms with E-state index in [2.05, 4.69) is 5.32 Å². The van der Waals surface area contributed by atoms with Gasteiger partial charge in [0, 0.05) is 6.54 Å². The fraction of sp³-hybridized carbons (Fsp3) is 0.562. The zero-order valence-corrected chi connectivity index (χ0v) is 11.0. The van der Waals surface area contributed by atoms with Gasteiger partial charge in [0.2, 0.25) is 5.91 Å². The zero-order chi connectivity index (χ0) is 12.6. The van der Waals surface area contributed by atoms with Crippen LogP contribution in [0.2, 0.25) is 0 Å². The first-order valence-electron chi connectivity index (χ1n) is 7.15. The van der Waals surface area contributed by atoms with Crippen molar-refractivity contribution in [3.8, 4) is 0 Å². The highest BCUT2D eigenvalue weighted by Crippen LogP contribution is 2.22. The van der Waals surface area contributed by atoms with E-state index in [9.17, 15) is 4.79 Å². The number of benzene rings is 1. The van der Waals surface area contributed by atoms with E-state index in [-0.39, 0.29) is 5.91 Å². The molecule has 1 N–H and O–H groups in total. The lowest BCUT2D eigenvalue weighted by Crippen LogP contribution is -2.30. The first-order valence-corrected chi connectivity index (χ1v) is 7.15. The van der Waals surface area contributed by atoms with Crippen LogP contribution in [0.15, 0.2) is 30.3 Å². The summed E-state index contributed by atoms with van der Waals surface area (Å²) in [5, 5.41) is 3.09. The Bertz CT molecular complexity index is 353. The maximum atomic E-state index is 11.8. The molecule has 2 rings (SSSR count). The summed E-state index contributed by atoms with van der Waals surface area (Å²) in [6.45, 7) is 0.867. The van der Waals surface area contributed by atoms with Crippen molar-refractivity contribution in [2.75, 3.05) is 6.54 Å². The van der Waals surface area contributed by atoms with E-state index < -0.39 is 0 Å². The van der Waals surface area contributed by atoms with Gasteiger partial charge < -0.3 is 5.32 Å². The minimum atomic E-state index is 0.158. The highest BCUT2D eigenvalue weighted by Gasteiger charge is 2.13. The Morgan fingerprint density at radius 3 is 2.39 bits per heavy atom. The van der Waals surface area contributed by atoms with Crippen LogP contribution in [-0.4, -0.2) is 12.5 Å². The molecule has 0 unspecified atom stereocenters. The van der Waals surface area contributed by atoms with Gasteiger partial charge in [-0.1, -0.05) is 56.0 Å². The fourth-order valence-electron chi connectivity index (χ4n) is 2.67. The second kappa shape index (κ2) is 7.20. The van der Waals surface area contributed by atoms with E-state index in [1.54, 1.807) is 0 Å². The predicted octanol–water partition coefficient (Wildman–Crippen LogP) is 3.32.